The fraction of sp³-hybridized carbons (Fsp3) is 1.00. The Morgan fingerprint density at radius 2 is 2.00 bits per heavy atom. The minimum Gasteiger partial charge on any atom is -0.316 e. The van der Waals surface area contributed by atoms with E-state index in [9.17, 15) is 0 Å². The van der Waals surface area contributed by atoms with Gasteiger partial charge in [0, 0.05) is 11.8 Å². The van der Waals surface area contributed by atoms with Crippen LogP contribution in [0.25, 0.3) is 0 Å². The van der Waals surface area contributed by atoms with Gasteiger partial charge in [-0.15, -0.1) is 0 Å². The summed E-state index contributed by atoms with van der Waals surface area (Å²) in [7, 11) is 2.06. The highest BCUT2D eigenvalue weighted by molar-refractivity contribution is 7.99. The number of thioether (sulfide) groups is 1. The van der Waals surface area contributed by atoms with E-state index in [2.05, 4.69) is 44.9 Å². The fourth-order valence-electron chi connectivity index (χ4n) is 1.07. The zero-order chi connectivity index (χ0) is 9.40. The Morgan fingerprint density at radius 3 is 2.42 bits per heavy atom. The van der Waals surface area contributed by atoms with Gasteiger partial charge in [0.25, 0.3) is 0 Å². The molecule has 0 aliphatic heterocycles. The molecule has 1 atom stereocenters. The van der Waals surface area contributed by atoms with Crippen molar-refractivity contribution in [3.05, 3.63) is 0 Å². The summed E-state index contributed by atoms with van der Waals surface area (Å²) in [5.74, 6) is 3.33. The van der Waals surface area contributed by atoms with E-state index in [1.807, 2.05) is 0 Å². The molecular formula is C10H23NS. The molecule has 0 rings (SSSR count). The molecule has 12 heavy (non-hydrogen) atoms. The Hall–Kier alpha value is 0.310. The molecule has 0 fully saturated rings. The number of hydrogen-bond donors (Lipinski definition) is 1. The molecular weight excluding hydrogens is 166 g/mol. The number of unbranched alkanes of at least 4 members (excludes halogenated alkanes) is 1. The lowest BCUT2D eigenvalue weighted by molar-refractivity contribution is 0.465. The smallest absolute Gasteiger partial charge is 0.0178 e. The largest absolute Gasteiger partial charge is 0.316 e. The van der Waals surface area contributed by atoms with E-state index >= 15 is 0 Å². The second-order valence-electron chi connectivity index (χ2n) is 3.57. The predicted octanol–water partition coefficient (Wildman–Crippen LogP) is 2.76. The standard InChI is InChI=1S/C10H23NS/c1-5-6-7-12-8-10(11-4)9(2)3/h9-11H,5-8H2,1-4H3. The molecule has 0 amide bonds. The van der Waals surface area contributed by atoms with Crippen LogP contribution in [0, 0.1) is 5.92 Å². The van der Waals surface area contributed by atoms with E-state index in [0.29, 0.717) is 6.04 Å². The summed E-state index contributed by atoms with van der Waals surface area (Å²) in [6, 6.07) is 0.687. The first-order valence-corrected chi connectivity index (χ1v) is 6.12. The van der Waals surface area contributed by atoms with Crippen LogP contribution in [-0.4, -0.2) is 24.6 Å². The topological polar surface area (TPSA) is 12.0 Å². The van der Waals surface area contributed by atoms with Gasteiger partial charge in [-0.25, -0.2) is 0 Å². The van der Waals surface area contributed by atoms with Crippen molar-refractivity contribution in [2.24, 2.45) is 5.92 Å². The highest BCUT2D eigenvalue weighted by Gasteiger charge is 2.09. The fourth-order valence-corrected chi connectivity index (χ4v) is 2.53. The number of rotatable bonds is 7. The van der Waals surface area contributed by atoms with Gasteiger partial charge >= 0.3 is 0 Å². The summed E-state index contributed by atoms with van der Waals surface area (Å²) in [5.41, 5.74) is 0. The summed E-state index contributed by atoms with van der Waals surface area (Å²) in [6.07, 6.45) is 2.68. The van der Waals surface area contributed by atoms with Crippen molar-refractivity contribution in [3.8, 4) is 0 Å². The zero-order valence-electron chi connectivity index (χ0n) is 8.89. The minimum atomic E-state index is 0.687. The van der Waals surface area contributed by atoms with Gasteiger partial charge in [0.05, 0.1) is 0 Å². The minimum absolute atomic E-state index is 0.687. The highest BCUT2D eigenvalue weighted by atomic mass is 32.2. The maximum atomic E-state index is 3.36. The molecule has 0 bridgehead atoms. The molecule has 0 aromatic carbocycles. The van der Waals surface area contributed by atoms with Crippen LogP contribution in [0.4, 0.5) is 0 Å². The van der Waals surface area contributed by atoms with Gasteiger partial charge in [-0.3, -0.25) is 0 Å². The van der Waals surface area contributed by atoms with E-state index in [1.165, 1.54) is 24.3 Å². The molecule has 0 saturated heterocycles. The van der Waals surface area contributed by atoms with Crippen LogP contribution in [0.5, 0.6) is 0 Å². The first kappa shape index (κ1) is 12.3. The van der Waals surface area contributed by atoms with Crippen LogP contribution in [0.3, 0.4) is 0 Å². The third kappa shape index (κ3) is 5.90. The first-order valence-electron chi connectivity index (χ1n) is 4.97. The molecule has 0 heterocycles. The second-order valence-corrected chi connectivity index (χ2v) is 4.72. The molecule has 0 aromatic heterocycles. The normalized spacial score (nSPS) is 13.8. The Labute approximate surface area is 81.7 Å². The number of nitrogens with one attached hydrogen (secondary N) is 1. The molecule has 74 valence electrons. The van der Waals surface area contributed by atoms with Crippen LogP contribution in [0.1, 0.15) is 33.6 Å². The van der Waals surface area contributed by atoms with Crippen LogP contribution in [0.15, 0.2) is 0 Å². The summed E-state index contributed by atoms with van der Waals surface area (Å²) in [6.45, 7) is 6.81. The van der Waals surface area contributed by atoms with Crippen molar-refractivity contribution in [3.63, 3.8) is 0 Å². The van der Waals surface area contributed by atoms with Crippen molar-refractivity contribution in [1.29, 1.82) is 0 Å². The summed E-state index contributed by atoms with van der Waals surface area (Å²) in [4.78, 5) is 0. The lowest BCUT2D eigenvalue weighted by atomic mass is 10.1. The highest BCUT2D eigenvalue weighted by Crippen LogP contribution is 2.11. The van der Waals surface area contributed by atoms with Gasteiger partial charge in [-0.1, -0.05) is 27.2 Å². The van der Waals surface area contributed by atoms with Crippen LogP contribution in [-0.2, 0) is 0 Å². The van der Waals surface area contributed by atoms with Gasteiger partial charge in [0.2, 0.25) is 0 Å². The van der Waals surface area contributed by atoms with Crippen LogP contribution >= 0.6 is 11.8 Å². The molecule has 0 aromatic rings. The van der Waals surface area contributed by atoms with Gasteiger partial charge in [-0.05, 0) is 25.1 Å². The Balaban J connectivity index is 3.32. The zero-order valence-corrected chi connectivity index (χ0v) is 9.71. The van der Waals surface area contributed by atoms with Crippen molar-refractivity contribution in [1.82, 2.24) is 5.32 Å². The predicted molar refractivity (Wildman–Crippen MR) is 59.9 cm³/mol. The number of hydrogen-bond acceptors (Lipinski definition) is 2. The van der Waals surface area contributed by atoms with Crippen LogP contribution < -0.4 is 5.32 Å². The molecule has 0 aliphatic rings. The van der Waals surface area contributed by atoms with E-state index in [4.69, 9.17) is 0 Å². The molecule has 1 nitrogen and oxygen atoms in total. The molecule has 0 aliphatic carbocycles. The quantitative estimate of drug-likeness (QED) is 0.618. The first-order chi connectivity index (χ1) is 5.72. The monoisotopic (exact) mass is 189 g/mol. The lowest BCUT2D eigenvalue weighted by Crippen LogP contribution is -2.33. The third-order valence-corrected chi connectivity index (χ3v) is 3.29. The summed E-state index contributed by atoms with van der Waals surface area (Å²) in [5, 5.41) is 3.36. The van der Waals surface area contributed by atoms with Gasteiger partial charge in [0.15, 0.2) is 0 Å². The van der Waals surface area contributed by atoms with Gasteiger partial charge in [0.1, 0.15) is 0 Å². The van der Waals surface area contributed by atoms with Gasteiger partial charge < -0.3 is 5.32 Å². The molecule has 0 saturated carbocycles. The Bertz CT molecular complexity index is 93.8. The summed E-state index contributed by atoms with van der Waals surface area (Å²) >= 11 is 2.08. The van der Waals surface area contributed by atoms with E-state index < -0.39 is 0 Å². The molecule has 1 unspecified atom stereocenters. The Kier molecular flexibility index (Phi) is 8.14. The van der Waals surface area contributed by atoms with Crippen molar-refractivity contribution < 1.29 is 0 Å². The third-order valence-electron chi connectivity index (χ3n) is 2.12. The maximum Gasteiger partial charge on any atom is 0.0178 e. The molecule has 2 heteroatoms. The Morgan fingerprint density at radius 1 is 1.33 bits per heavy atom. The summed E-state index contributed by atoms with van der Waals surface area (Å²) < 4.78 is 0. The second kappa shape index (κ2) is 7.93. The maximum absolute atomic E-state index is 3.36. The van der Waals surface area contributed by atoms with E-state index in [1.54, 1.807) is 0 Å². The van der Waals surface area contributed by atoms with Crippen molar-refractivity contribution in [2.75, 3.05) is 18.6 Å². The molecule has 1 N–H and O–H groups in total. The average molecular weight is 189 g/mol. The van der Waals surface area contributed by atoms with Crippen molar-refractivity contribution in [2.45, 2.75) is 39.7 Å². The van der Waals surface area contributed by atoms with Crippen LogP contribution in [0.2, 0.25) is 0 Å². The molecule has 0 spiro atoms. The lowest BCUT2D eigenvalue weighted by Gasteiger charge is -2.19. The molecule has 0 radical (unpaired) electrons. The SMILES string of the molecule is CCCCSCC(NC)C(C)C. The van der Waals surface area contributed by atoms with Gasteiger partial charge in [-0.2, -0.15) is 11.8 Å². The average Bonchev–Trinajstić information content (AvgIpc) is 2.04. The van der Waals surface area contributed by atoms with E-state index in [-0.39, 0.29) is 0 Å². The van der Waals surface area contributed by atoms with Crippen molar-refractivity contribution >= 4 is 11.8 Å². The van der Waals surface area contributed by atoms with E-state index in [0.717, 1.165) is 5.92 Å².